The van der Waals surface area contributed by atoms with Gasteiger partial charge in [-0.1, -0.05) is 67.8 Å². The fourth-order valence-electron chi connectivity index (χ4n) is 5.27. The first-order valence-electron chi connectivity index (χ1n) is 12.4. The highest BCUT2D eigenvalue weighted by Gasteiger charge is 2.26. The number of nitrogens with zero attached hydrogens (tertiary/aromatic N) is 2. The summed E-state index contributed by atoms with van der Waals surface area (Å²) in [6.45, 7) is 2.90. The summed E-state index contributed by atoms with van der Waals surface area (Å²) >= 11 is 0. The molecule has 0 spiro atoms. The predicted octanol–water partition coefficient (Wildman–Crippen LogP) is 4.14. The van der Waals surface area contributed by atoms with Gasteiger partial charge in [-0.3, -0.25) is 14.5 Å². The van der Waals surface area contributed by atoms with Crippen LogP contribution in [-0.4, -0.2) is 47.9 Å². The number of aromatic nitrogens is 1. The van der Waals surface area contributed by atoms with Crippen LogP contribution in [0.5, 0.6) is 0 Å². The average molecular weight is 457 g/mol. The zero-order valence-corrected chi connectivity index (χ0v) is 19.6. The molecule has 1 saturated carbocycles. The van der Waals surface area contributed by atoms with Gasteiger partial charge in [0.25, 0.3) is 5.91 Å². The standard InChI is InChI=1S/C28H32N4O2/c33-25-19-32(16-15-29-25)18-23-26(28(34)30-17-20-9-3-1-4-10-20)22-13-7-8-14-24(22)31-27(23)21-11-5-2-6-12-21/h2,5-8,11-14,20H,1,3-4,9-10,15-19H2,(H,29,33)(H,30,34). The normalized spacial score (nSPS) is 17.5. The molecule has 2 fully saturated rings. The summed E-state index contributed by atoms with van der Waals surface area (Å²) in [5.74, 6) is 0.524. The molecule has 0 radical (unpaired) electrons. The zero-order valence-electron chi connectivity index (χ0n) is 19.6. The topological polar surface area (TPSA) is 74.3 Å². The molecule has 6 heteroatoms. The average Bonchev–Trinajstić information content (AvgIpc) is 2.88. The van der Waals surface area contributed by atoms with Gasteiger partial charge in [0, 0.05) is 42.7 Å². The minimum atomic E-state index is -0.0437. The number of hydrogen-bond donors (Lipinski definition) is 2. The minimum absolute atomic E-state index is 0.0181. The summed E-state index contributed by atoms with van der Waals surface area (Å²) in [6, 6.07) is 17.9. The first-order chi connectivity index (χ1) is 16.7. The van der Waals surface area contributed by atoms with Gasteiger partial charge in [-0.25, -0.2) is 4.98 Å². The van der Waals surface area contributed by atoms with Crippen LogP contribution in [0.1, 0.15) is 48.0 Å². The third-order valence-corrected chi connectivity index (χ3v) is 7.04. The second-order valence-electron chi connectivity index (χ2n) is 9.47. The Kier molecular flexibility index (Phi) is 6.86. The number of amides is 2. The van der Waals surface area contributed by atoms with Gasteiger partial charge in [-0.2, -0.15) is 0 Å². The van der Waals surface area contributed by atoms with E-state index in [1.54, 1.807) is 0 Å². The van der Waals surface area contributed by atoms with Crippen LogP contribution < -0.4 is 10.6 Å². The number of rotatable bonds is 6. The largest absolute Gasteiger partial charge is 0.354 e. The van der Waals surface area contributed by atoms with Crippen LogP contribution in [0.15, 0.2) is 54.6 Å². The monoisotopic (exact) mass is 456 g/mol. The molecule has 6 nitrogen and oxygen atoms in total. The zero-order chi connectivity index (χ0) is 23.3. The summed E-state index contributed by atoms with van der Waals surface area (Å²) < 4.78 is 0. The number of fused-ring (bicyclic) bond motifs is 1. The highest BCUT2D eigenvalue weighted by atomic mass is 16.2. The summed E-state index contributed by atoms with van der Waals surface area (Å²) in [5, 5.41) is 7.01. The molecule has 5 rings (SSSR count). The first kappa shape index (κ1) is 22.5. The lowest BCUT2D eigenvalue weighted by Gasteiger charge is -2.28. The van der Waals surface area contributed by atoms with E-state index in [9.17, 15) is 9.59 Å². The van der Waals surface area contributed by atoms with Crippen molar-refractivity contribution in [3.63, 3.8) is 0 Å². The van der Waals surface area contributed by atoms with E-state index in [0.29, 0.717) is 37.7 Å². The molecular weight excluding hydrogens is 424 g/mol. The Bertz CT molecular complexity index is 1170. The van der Waals surface area contributed by atoms with Crippen molar-refractivity contribution in [3.05, 3.63) is 65.7 Å². The van der Waals surface area contributed by atoms with Gasteiger partial charge >= 0.3 is 0 Å². The number of benzene rings is 2. The van der Waals surface area contributed by atoms with Gasteiger partial charge in [0.15, 0.2) is 0 Å². The van der Waals surface area contributed by atoms with Crippen LogP contribution in [0.2, 0.25) is 0 Å². The molecule has 1 aliphatic heterocycles. The van der Waals surface area contributed by atoms with Gasteiger partial charge in [-0.05, 0) is 24.8 Å². The van der Waals surface area contributed by atoms with E-state index >= 15 is 0 Å². The third kappa shape index (κ3) is 4.97. The predicted molar refractivity (Wildman–Crippen MR) is 134 cm³/mol. The van der Waals surface area contributed by atoms with E-state index in [1.807, 2.05) is 54.6 Å². The van der Waals surface area contributed by atoms with Crippen molar-refractivity contribution < 1.29 is 9.59 Å². The molecule has 2 N–H and O–H groups in total. The maximum absolute atomic E-state index is 13.8. The summed E-state index contributed by atoms with van der Waals surface area (Å²) in [4.78, 5) is 33.0. The van der Waals surface area contributed by atoms with Crippen LogP contribution in [0.3, 0.4) is 0 Å². The van der Waals surface area contributed by atoms with Crippen molar-refractivity contribution >= 4 is 22.7 Å². The highest BCUT2D eigenvalue weighted by Crippen LogP contribution is 2.32. The van der Waals surface area contributed by atoms with Crippen molar-refractivity contribution in [2.24, 2.45) is 5.92 Å². The van der Waals surface area contributed by atoms with Crippen molar-refractivity contribution in [3.8, 4) is 11.3 Å². The van der Waals surface area contributed by atoms with Gasteiger partial charge in [-0.15, -0.1) is 0 Å². The third-order valence-electron chi connectivity index (χ3n) is 7.04. The van der Waals surface area contributed by atoms with Crippen molar-refractivity contribution in [2.75, 3.05) is 26.2 Å². The van der Waals surface area contributed by atoms with Crippen LogP contribution in [0.4, 0.5) is 0 Å². The van der Waals surface area contributed by atoms with Crippen LogP contribution in [0.25, 0.3) is 22.2 Å². The Labute approximate surface area is 200 Å². The lowest BCUT2D eigenvalue weighted by atomic mass is 9.89. The van der Waals surface area contributed by atoms with Crippen LogP contribution in [0, 0.1) is 5.92 Å². The fourth-order valence-corrected chi connectivity index (χ4v) is 5.27. The number of carbonyl (C=O) groups excluding carboxylic acids is 2. The highest BCUT2D eigenvalue weighted by molar-refractivity contribution is 6.09. The quantitative estimate of drug-likeness (QED) is 0.585. The van der Waals surface area contributed by atoms with Crippen LogP contribution >= 0.6 is 0 Å². The maximum Gasteiger partial charge on any atom is 0.252 e. The molecule has 3 aromatic rings. The molecule has 2 heterocycles. The summed E-state index contributed by atoms with van der Waals surface area (Å²) in [7, 11) is 0. The van der Waals surface area contributed by atoms with Gasteiger partial charge in [0.05, 0.1) is 23.3 Å². The lowest BCUT2D eigenvalue weighted by molar-refractivity contribution is -0.124. The number of nitrogens with one attached hydrogen (secondary N) is 2. The van der Waals surface area contributed by atoms with Gasteiger partial charge in [0.1, 0.15) is 0 Å². The second kappa shape index (κ2) is 10.3. The van der Waals surface area contributed by atoms with E-state index in [0.717, 1.165) is 34.3 Å². The number of hydrogen-bond acceptors (Lipinski definition) is 4. The SMILES string of the molecule is O=C1CN(Cc2c(-c3ccccc3)nc3ccccc3c2C(=O)NCC2CCCCC2)CCN1. The Morgan fingerprint density at radius 1 is 1.03 bits per heavy atom. The van der Waals surface area contributed by atoms with E-state index < -0.39 is 0 Å². The molecule has 2 amide bonds. The Hall–Kier alpha value is -3.25. The number of carbonyl (C=O) groups is 2. The van der Waals surface area contributed by atoms with Crippen LogP contribution in [-0.2, 0) is 11.3 Å². The molecule has 0 atom stereocenters. The van der Waals surface area contributed by atoms with E-state index in [2.05, 4.69) is 15.5 Å². The van der Waals surface area contributed by atoms with E-state index in [1.165, 1.54) is 32.1 Å². The number of pyridine rings is 1. The summed E-state index contributed by atoms with van der Waals surface area (Å²) in [6.07, 6.45) is 6.16. The molecule has 0 bridgehead atoms. The Balaban J connectivity index is 1.58. The smallest absolute Gasteiger partial charge is 0.252 e. The Morgan fingerprint density at radius 2 is 1.79 bits per heavy atom. The minimum Gasteiger partial charge on any atom is -0.354 e. The molecular formula is C28H32N4O2. The van der Waals surface area contributed by atoms with Crippen molar-refractivity contribution in [2.45, 2.75) is 38.6 Å². The molecule has 1 aliphatic carbocycles. The lowest BCUT2D eigenvalue weighted by Crippen LogP contribution is -2.47. The summed E-state index contributed by atoms with van der Waals surface area (Å²) in [5.41, 5.74) is 4.18. The molecule has 0 unspecified atom stereocenters. The number of piperazine rings is 1. The molecule has 1 aromatic heterocycles. The molecule has 2 aromatic carbocycles. The fraction of sp³-hybridized carbons (Fsp3) is 0.393. The molecule has 2 aliphatic rings. The molecule has 1 saturated heterocycles. The number of para-hydroxylation sites is 1. The van der Waals surface area contributed by atoms with E-state index in [4.69, 9.17) is 4.98 Å². The van der Waals surface area contributed by atoms with E-state index in [-0.39, 0.29) is 11.8 Å². The molecule has 34 heavy (non-hydrogen) atoms. The first-order valence-corrected chi connectivity index (χ1v) is 12.4. The van der Waals surface area contributed by atoms with Crippen molar-refractivity contribution in [1.82, 2.24) is 20.5 Å². The second-order valence-corrected chi connectivity index (χ2v) is 9.47. The van der Waals surface area contributed by atoms with Gasteiger partial charge < -0.3 is 10.6 Å². The van der Waals surface area contributed by atoms with Gasteiger partial charge in [0.2, 0.25) is 5.91 Å². The maximum atomic E-state index is 13.8. The molecule has 176 valence electrons. The van der Waals surface area contributed by atoms with Crippen molar-refractivity contribution in [1.29, 1.82) is 0 Å². The Morgan fingerprint density at radius 3 is 2.59 bits per heavy atom.